The van der Waals surface area contributed by atoms with Gasteiger partial charge in [0.2, 0.25) is 5.13 Å². The first-order chi connectivity index (χ1) is 8.54. The smallest absolute Gasteiger partial charge is 0.205 e. The average Bonchev–Trinajstić information content (AvgIpc) is 2.76. The Bertz CT molecular complexity index is 396. The molecule has 1 unspecified atom stereocenters. The predicted octanol–water partition coefficient (Wildman–Crippen LogP) is 2.87. The fourth-order valence-electron chi connectivity index (χ4n) is 2.22. The Morgan fingerprint density at radius 3 is 3.00 bits per heavy atom. The van der Waals surface area contributed by atoms with Gasteiger partial charge >= 0.3 is 0 Å². The molecule has 1 aromatic heterocycles. The zero-order valence-electron chi connectivity index (χ0n) is 11.1. The van der Waals surface area contributed by atoms with Gasteiger partial charge in [-0.05, 0) is 20.3 Å². The Hall–Kier alpha value is -0.200. The summed E-state index contributed by atoms with van der Waals surface area (Å²) in [6, 6.07) is 0. The number of aryl methyl sites for hydroxylation is 1. The van der Waals surface area contributed by atoms with E-state index in [1.54, 1.807) is 0 Å². The minimum atomic E-state index is -0.132. The first kappa shape index (κ1) is 14.2. The SMILES string of the molecule is CCCc1nsc(N2CC(CBr)OC(C)(C)C2)n1. The number of halogens is 1. The number of alkyl halides is 1. The molecule has 0 aromatic carbocycles. The maximum atomic E-state index is 6.00. The molecule has 4 nitrogen and oxygen atoms in total. The molecule has 102 valence electrons. The lowest BCUT2D eigenvalue weighted by molar-refractivity contribution is -0.0724. The van der Waals surface area contributed by atoms with E-state index in [0.29, 0.717) is 0 Å². The molecule has 0 radical (unpaired) electrons. The van der Waals surface area contributed by atoms with Crippen molar-refractivity contribution >= 4 is 32.6 Å². The molecule has 1 fully saturated rings. The van der Waals surface area contributed by atoms with E-state index in [1.807, 2.05) is 0 Å². The maximum absolute atomic E-state index is 6.00. The molecule has 1 aliphatic heterocycles. The van der Waals surface area contributed by atoms with Crippen LogP contribution in [0.4, 0.5) is 5.13 Å². The van der Waals surface area contributed by atoms with Crippen LogP contribution in [0, 0.1) is 0 Å². The van der Waals surface area contributed by atoms with E-state index < -0.39 is 0 Å². The van der Waals surface area contributed by atoms with Gasteiger partial charge in [0.1, 0.15) is 5.82 Å². The number of ether oxygens (including phenoxy) is 1. The normalized spacial score (nSPS) is 23.3. The number of nitrogens with zero attached hydrogens (tertiary/aromatic N) is 3. The van der Waals surface area contributed by atoms with E-state index in [0.717, 1.165) is 42.2 Å². The third-order valence-corrected chi connectivity index (χ3v) is 4.39. The second-order valence-corrected chi connectivity index (χ2v) is 6.66. The summed E-state index contributed by atoms with van der Waals surface area (Å²) >= 11 is 5.01. The van der Waals surface area contributed by atoms with Crippen LogP contribution in [0.25, 0.3) is 0 Å². The van der Waals surface area contributed by atoms with Crippen LogP contribution >= 0.6 is 27.5 Å². The van der Waals surface area contributed by atoms with Crippen molar-refractivity contribution in [1.29, 1.82) is 0 Å². The van der Waals surface area contributed by atoms with Gasteiger partial charge in [-0.2, -0.15) is 4.37 Å². The van der Waals surface area contributed by atoms with E-state index in [1.165, 1.54) is 11.5 Å². The van der Waals surface area contributed by atoms with E-state index in [-0.39, 0.29) is 11.7 Å². The summed E-state index contributed by atoms with van der Waals surface area (Å²) in [5.41, 5.74) is -0.132. The highest BCUT2D eigenvalue weighted by Crippen LogP contribution is 2.27. The predicted molar refractivity (Wildman–Crippen MR) is 78.9 cm³/mol. The number of hydrogen-bond donors (Lipinski definition) is 0. The molecule has 1 atom stereocenters. The van der Waals surface area contributed by atoms with Crippen LogP contribution in [0.5, 0.6) is 0 Å². The van der Waals surface area contributed by atoms with Gasteiger partial charge in [-0.15, -0.1) is 0 Å². The van der Waals surface area contributed by atoms with Crippen LogP contribution < -0.4 is 4.90 Å². The Morgan fingerprint density at radius 2 is 2.33 bits per heavy atom. The molecule has 0 amide bonds. The van der Waals surface area contributed by atoms with E-state index in [9.17, 15) is 0 Å². The third-order valence-electron chi connectivity index (χ3n) is 2.85. The van der Waals surface area contributed by atoms with Crippen molar-refractivity contribution in [3.63, 3.8) is 0 Å². The highest BCUT2D eigenvalue weighted by atomic mass is 79.9. The van der Waals surface area contributed by atoms with Crippen molar-refractivity contribution in [2.75, 3.05) is 23.3 Å². The fourth-order valence-corrected chi connectivity index (χ4v) is 3.28. The Labute approximate surface area is 121 Å². The van der Waals surface area contributed by atoms with Crippen molar-refractivity contribution in [2.24, 2.45) is 0 Å². The zero-order chi connectivity index (χ0) is 13.2. The lowest BCUT2D eigenvalue weighted by atomic mass is 10.1. The standard InChI is InChI=1S/C12H20BrN3OS/c1-4-5-10-14-11(18-15-10)16-7-9(6-13)17-12(2,3)8-16/h9H,4-8H2,1-3H3. The monoisotopic (exact) mass is 333 g/mol. The summed E-state index contributed by atoms with van der Waals surface area (Å²) in [6.07, 6.45) is 2.27. The molecule has 0 N–H and O–H groups in total. The van der Waals surface area contributed by atoms with Crippen molar-refractivity contribution in [3.05, 3.63) is 5.82 Å². The number of morpholine rings is 1. The summed E-state index contributed by atoms with van der Waals surface area (Å²) in [5.74, 6) is 0.970. The van der Waals surface area contributed by atoms with Gasteiger partial charge in [0.25, 0.3) is 0 Å². The molecule has 1 aromatic rings. The number of hydrogen-bond acceptors (Lipinski definition) is 5. The van der Waals surface area contributed by atoms with Gasteiger partial charge < -0.3 is 9.64 Å². The largest absolute Gasteiger partial charge is 0.368 e. The second-order valence-electron chi connectivity index (χ2n) is 5.28. The molecule has 0 aliphatic carbocycles. The molecule has 18 heavy (non-hydrogen) atoms. The minimum Gasteiger partial charge on any atom is -0.368 e. The number of anilines is 1. The summed E-state index contributed by atoms with van der Waals surface area (Å²) in [7, 11) is 0. The average molecular weight is 334 g/mol. The van der Waals surface area contributed by atoms with Crippen LogP contribution in [0.2, 0.25) is 0 Å². The van der Waals surface area contributed by atoms with Gasteiger partial charge in [0.15, 0.2) is 0 Å². The molecule has 2 heterocycles. The molecule has 0 spiro atoms. The highest BCUT2D eigenvalue weighted by molar-refractivity contribution is 9.09. The number of aromatic nitrogens is 2. The van der Waals surface area contributed by atoms with Crippen LogP contribution in [-0.2, 0) is 11.2 Å². The van der Waals surface area contributed by atoms with E-state index in [2.05, 4.69) is 51.0 Å². The van der Waals surface area contributed by atoms with Gasteiger partial charge in [0.05, 0.1) is 11.7 Å². The van der Waals surface area contributed by atoms with E-state index in [4.69, 9.17) is 4.74 Å². The van der Waals surface area contributed by atoms with Gasteiger partial charge in [0, 0.05) is 36.4 Å². The van der Waals surface area contributed by atoms with Crippen molar-refractivity contribution in [3.8, 4) is 0 Å². The van der Waals surface area contributed by atoms with Crippen molar-refractivity contribution in [1.82, 2.24) is 9.36 Å². The maximum Gasteiger partial charge on any atom is 0.205 e. The van der Waals surface area contributed by atoms with Gasteiger partial charge in [-0.25, -0.2) is 4.98 Å². The quantitative estimate of drug-likeness (QED) is 0.794. The first-order valence-corrected chi connectivity index (χ1v) is 8.25. The molecule has 6 heteroatoms. The first-order valence-electron chi connectivity index (χ1n) is 6.35. The Kier molecular flexibility index (Phi) is 4.61. The molecule has 0 saturated carbocycles. The number of rotatable bonds is 4. The van der Waals surface area contributed by atoms with Crippen LogP contribution in [0.3, 0.4) is 0 Å². The topological polar surface area (TPSA) is 38.2 Å². The van der Waals surface area contributed by atoms with Crippen LogP contribution in [0.15, 0.2) is 0 Å². The highest BCUT2D eigenvalue weighted by Gasteiger charge is 2.34. The third kappa shape index (κ3) is 3.42. The summed E-state index contributed by atoms with van der Waals surface area (Å²) < 4.78 is 10.4. The summed E-state index contributed by atoms with van der Waals surface area (Å²) in [6.45, 7) is 8.16. The Balaban J connectivity index is 2.10. The lowest BCUT2D eigenvalue weighted by Crippen LogP contribution is -2.53. The zero-order valence-corrected chi connectivity index (χ0v) is 13.6. The van der Waals surface area contributed by atoms with Crippen molar-refractivity contribution in [2.45, 2.75) is 45.3 Å². The molecule has 1 aliphatic rings. The summed E-state index contributed by atoms with van der Waals surface area (Å²) in [5, 5.41) is 1.88. The Morgan fingerprint density at radius 1 is 1.56 bits per heavy atom. The summed E-state index contributed by atoms with van der Waals surface area (Å²) in [4.78, 5) is 6.92. The van der Waals surface area contributed by atoms with Gasteiger partial charge in [-0.3, -0.25) is 0 Å². The van der Waals surface area contributed by atoms with Crippen molar-refractivity contribution < 1.29 is 4.74 Å². The fraction of sp³-hybridized carbons (Fsp3) is 0.833. The molecule has 2 rings (SSSR count). The van der Waals surface area contributed by atoms with Crippen LogP contribution in [0.1, 0.15) is 33.0 Å². The van der Waals surface area contributed by atoms with E-state index >= 15 is 0 Å². The van der Waals surface area contributed by atoms with Gasteiger partial charge in [-0.1, -0.05) is 22.9 Å². The lowest BCUT2D eigenvalue weighted by Gasteiger charge is -2.42. The second kappa shape index (κ2) is 5.84. The molecular weight excluding hydrogens is 314 g/mol. The molecular formula is C12H20BrN3OS. The molecule has 0 bridgehead atoms. The molecule has 1 saturated heterocycles. The van der Waals surface area contributed by atoms with Crippen LogP contribution in [-0.4, -0.2) is 39.5 Å². The minimum absolute atomic E-state index is 0.132.